The topological polar surface area (TPSA) is 0 Å². The van der Waals surface area contributed by atoms with Gasteiger partial charge in [-0.15, -0.1) is 11.3 Å². The minimum atomic E-state index is 0.246. The van der Waals surface area contributed by atoms with Gasteiger partial charge in [0.1, 0.15) is 0 Å². The van der Waals surface area contributed by atoms with E-state index >= 15 is 0 Å². The Labute approximate surface area is 107 Å². The van der Waals surface area contributed by atoms with Crippen molar-refractivity contribution in [1.82, 2.24) is 0 Å². The van der Waals surface area contributed by atoms with Gasteiger partial charge < -0.3 is 0 Å². The number of alkyl halides is 1. The van der Waals surface area contributed by atoms with Crippen molar-refractivity contribution < 1.29 is 0 Å². The van der Waals surface area contributed by atoms with E-state index in [0.29, 0.717) is 0 Å². The van der Waals surface area contributed by atoms with Gasteiger partial charge in [-0.3, -0.25) is 0 Å². The van der Waals surface area contributed by atoms with Crippen molar-refractivity contribution in [3.63, 3.8) is 0 Å². The van der Waals surface area contributed by atoms with Gasteiger partial charge in [-0.05, 0) is 35.6 Å². The Morgan fingerprint density at radius 3 is 2.73 bits per heavy atom. The van der Waals surface area contributed by atoms with Crippen LogP contribution in [0.4, 0.5) is 0 Å². The molecular weight excluding hydrogens is 292 g/mol. The molecule has 15 heavy (non-hydrogen) atoms. The Morgan fingerprint density at radius 1 is 1.33 bits per heavy atom. The molecule has 1 heterocycles. The molecule has 0 nitrogen and oxygen atoms in total. The van der Waals surface area contributed by atoms with Crippen LogP contribution in [0.2, 0.25) is 5.02 Å². The first kappa shape index (κ1) is 11.2. The minimum Gasteiger partial charge on any atom is -0.147 e. The average Bonchev–Trinajstić information content (AvgIpc) is 2.74. The van der Waals surface area contributed by atoms with Crippen molar-refractivity contribution in [2.45, 2.75) is 11.8 Å². The average molecular weight is 302 g/mol. The third-order valence-electron chi connectivity index (χ3n) is 2.28. The predicted octanol–water partition coefficient (Wildman–Crippen LogP) is 5.19. The molecule has 0 bridgehead atoms. The maximum Gasteiger partial charge on any atom is 0.0738 e. The van der Waals surface area contributed by atoms with E-state index in [-0.39, 0.29) is 4.83 Å². The smallest absolute Gasteiger partial charge is 0.0738 e. The maximum atomic E-state index is 6.10. The van der Waals surface area contributed by atoms with Gasteiger partial charge in [0.25, 0.3) is 0 Å². The zero-order valence-corrected chi connectivity index (χ0v) is 11.4. The highest BCUT2D eigenvalue weighted by Gasteiger charge is 2.11. The molecule has 0 spiro atoms. The van der Waals surface area contributed by atoms with Crippen LogP contribution < -0.4 is 0 Å². The summed E-state index contributed by atoms with van der Waals surface area (Å²) in [5, 5.41) is 2.91. The third kappa shape index (κ3) is 2.44. The van der Waals surface area contributed by atoms with Crippen LogP contribution in [-0.2, 0) is 0 Å². The van der Waals surface area contributed by atoms with Gasteiger partial charge in [-0.25, -0.2) is 0 Å². The molecule has 0 radical (unpaired) electrons. The fourth-order valence-electron chi connectivity index (χ4n) is 1.37. The molecular formula is C12H10BrClS. The summed E-state index contributed by atoms with van der Waals surface area (Å²) in [4.78, 5) is 1.55. The lowest BCUT2D eigenvalue weighted by Crippen LogP contribution is -1.90. The monoisotopic (exact) mass is 300 g/mol. The van der Waals surface area contributed by atoms with Crippen molar-refractivity contribution in [2.24, 2.45) is 0 Å². The van der Waals surface area contributed by atoms with E-state index in [4.69, 9.17) is 11.6 Å². The van der Waals surface area contributed by atoms with E-state index in [9.17, 15) is 0 Å². The Morgan fingerprint density at radius 2 is 2.13 bits per heavy atom. The van der Waals surface area contributed by atoms with Crippen LogP contribution in [0.1, 0.15) is 20.8 Å². The summed E-state index contributed by atoms with van der Waals surface area (Å²) in [5.74, 6) is 0. The van der Waals surface area contributed by atoms with E-state index in [1.807, 2.05) is 13.0 Å². The summed E-state index contributed by atoms with van der Waals surface area (Å²) < 4.78 is 0. The van der Waals surface area contributed by atoms with E-state index < -0.39 is 0 Å². The fraction of sp³-hybridized carbons (Fsp3) is 0.167. The van der Waals surface area contributed by atoms with Crippen molar-refractivity contribution in [3.05, 3.63) is 56.7 Å². The Hall–Kier alpha value is -0.310. The lowest BCUT2D eigenvalue weighted by atomic mass is 10.1. The van der Waals surface area contributed by atoms with Crippen LogP contribution in [0.3, 0.4) is 0 Å². The third-order valence-corrected chi connectivity index (χ3v) is 4.95. The lowest BCUT2D eigenvalue weighted by molar-refractivity contribution is 1.22. The number of hydrogen-bond acceptors (Lipinski definition) is 1. The molecule has 78 valence electrons. The van der Waals surface area contributed by atoms with Crippen molar-refractivity contribution >= 4 is 38.9 Å². The maximum absolute atomic E-state index is 6.10. The Kier molecular flexibility index (Phi) is 3.49. The normalized spacial score (nSPS) is 12.7. The van der Waals surface area contributed by atoms with Crippen LogP contribution in [0, 0.1) is 6.92 Å². The number of thiophene rings is 1. The molecule has 1 atom stereocenters. The predicted molar refractivity (Wildman–Crippen MR) is 71.3 cm³/mol. The molecule has 1 aromatic heterocycles. The second kappa shape index (κ2) is 4.69. The molecule has 0 aliphatic heterocycles. The summed E-state index contributed by atoms with van der Waals surface area (Å²) in [7, 11) is 0. The summed E-state index contributed by atoms with van der Waals surface area (Å²) in [5.41, 5.74) is 2.32. The molecule has 0 saturated heterocycles. The molecule has 0 aliphatic rings. The van der Waals surface area contributed by atoms with Crippen LogP contribution in [0.15, 0.2) is 35.7 Å². The van der Waals surface area contributed by atoms with Gasteiger partial charge in [0.15, 0.2) is 0 Å². The molecule has 0 aliphatic carbocycles. The molecule has 0 fully saturated rings. The number of halogens is 2. The number of benzene rings is 1. The summed E-state index contributed by atoms with van der Waals surface area (Å²) in [6.45, 7) is 2.01. The minimum absolute atomic E-state index is 0.246. The fourth-order valence-corrected chi connectivity index (χ4v) is 3.04. The highest BCUT2D eigenvalue weighted by atomic mass is 79.9. The number of rotatable bonds is 2. The Bertz CT molecular complexity index is 451. The summed E-state index contributed by atoms with van der Waals surface area (Å²) in [6.07, 6.45) is 0. The van der Waals surface area contributed by atoms with Crippen molar-refractivity contribution in [2.75, 3.05) is 0 Å². The summed E-state index contributed by atoms with van der Waals surface area (Å²) in [6, 6.07) is 10.4. The number of hydrogen-bond donors (Lipinski definition) is 0. The molecule has 0 amide bonds. The van der Waals surface area contributed by atoms with Crippen molar-refractivity contribution in [3.8, 4) is 0 Å². The Balaban J connectivity index is 2.34. The van der Waals surface area contributed by atoms with Crippen LogP contribution in [0.25, 0.3) is 0 Å². The molecule has 1 aromatic carbocycles. The largest absolute Gasteiger partial charge is 0.147 e. The van der Waals surface area contributed by atoms with Crippen LogP contribution in [-0.4, -0.2) is 0 Å². The van der Waals surface area contributed by atoms with Crippen molar-refractivity contribution in [1.29, 1.82) is 0 Å². The molecule has 3 heteroatoms. The van der Waals surface area contributed by atoms with Gasteiger partial charge in [0, 0.05) is 9.90 Å². The van der Waals surface area contributed by atoms with Gasteiger partial charge in [0.05, 0.1) is 4.83 Å². The SMILES string of the molecule is Cc1ccc(C(Br)c2cccs2)cc1Cl. The zero-order valence-electron chi connectivity index (χ0n) is 8.21. The second-order valence-electron chi connectivity index (χ2n) is 3.39. The standard InChI is InChI=1S/C12H10BrClS/c1-8-4-5-9(7-10(8)14)12(13)11-3-2-6-15-11/h2-7,12H,1H3. The van der Waals surface area contributed by atoms with Gasteiger partial charge in [0.2, 0.25) is 0 Å². The summed E-state index contributed by atoms with van der Waals surface area (Å²) >= 11 is 11.5. The molecule has 2 aromatic rings. The van der Waals surface area contributed by atoms with E-state index in [1.165, 1.54) is 10.4 Å². The molecule has 0 saturated carbocycles. The first-order chi connectivity index (χ1) is 7.18. The van der Waals surface area contributed by atoms with Crippen LogP contribution >= 0.6 is 38.9 Å². The van der Waals surface area contributed by atoms with E-state index in [2.05, 4.69) is 45.6 Å². The highest BCUT2D eigenvalue weighted by molar-refractivity contribution is 9.09. The quantitative estimate of drug-likeness (QED) is 0.669. The molecule has 2 rings (SSSR count). The first-order valence-electron chi connectivity index (χ1n) is 4.62. The highest BCUT2D eigenvalue weighted by Crippen LogP contribution is 2.35. The molecule has 0 N–H and O–H groups in total. The van der Waals surface area contributed by atoms with E-state index in [1.54, 1.807) is 11.3 Å². The first-order valence-corrected chi connectivity index (χ1v) is 6.79. The van der Waals surface area contributed by atoms with E-state index in [0.717, 1.165) is 10.6 Å². The number of aryl methyl sites for hydroxylation is 1. The van der Waals surface area contributed by atoms with Gasteiger partial charge in [-0.2, -0.15) is 0 Å². The van der Waals surface area contributed by atoms with Gasteiger partial charge in [-0.1, -0.05) is 45.7 Å². The lowest BCUT2D eigenvalue weighted by Gasteiger charge is -2.09. The van der Waals surface area contributed by atoms with Gasteiger partial charge >= 0.3 is 0 Å². The molecule has 1 unspecified atom stereocenters. The zero-order chi connectivity index (χ0) is 10.8. The second-order valence-corrected chi connectivity index (χ2v) is 5.69. The van der Waals surface area contributed by atoms with Crippen LogP contribution in [0.5, 0.6) is 0 Å².